The third-order valence-electron chi connectivity index (χ3n) is 4.64. The summed E-state index contributed by atoms with van der Waals surface area (Å²) in [6.07, 6.45) is 3.06. The molecule has 0 aliphatic carbocycles. The highest BCUT2D eigenvalue weighted by atomic mass is 32.2. The number of carbonyl (C=O) groups is 2. The zero-order valence-electron chi connectivity index (χ0n) is 12.8. The highest BCUT2D eigenvalue weighted by Crippen LogP contribution is 2.47. The fourth-order valence-corrected chi connectivity index (χ4v) is 4.87. The van der Waals surface area contributed by atoms with Crippen LogP contribution < -0.4 is 5.32 Å². The van der Waals surface area contributed by atoms with Crippen molar-refractivity contribution in [3.8, 4) is 0 Å². The minimum atomic E-state index is -0.404. The van der Waals surface area contributed by atoms with Crippen LogP contribution in [-0.2, 0) is 9.59 Å². The van der Waals surface area contributed by atoms with Crippen molar-refractivity contribution in [2.45, 2.75) is 30.7 Å². The second-order valence-electron chi connectivity index (χ2n) is 6.14. The maximum atomic E-state index is 12.7. The van der Waals surface area contributed by atoms with Crippen molar-refractivity contribution in [2.24, 2.45) is 0 Å². The van der Waals surface area contributed by atoms with Crippen LogP contribution in [0, 0.1) is 0 Å². The summed E-state index contributed by atoms with van der Waals surface area (Å²) in [5, 5.41) is 3.95. The lowest BCUT2D eigenvalue weighted by Gasteiger charge is -2.29. The Hall–Kier alpha value is -2.08. The average Bonchev–Trinajstić information content (AvgIpc) is 3.04. The smallest absolute Gasteiger partial charge is 0.248 e. The Morgan fingerprint density at radius 3 is 3.09 bits per heavy atom. The SMILES string of the molecule is C[C@]12CCC(=O)N1[C@@H](C(=O)Nc1cccc3cccnc13)CS2. The number of para-hydroxylation sites is 1. The van der Waals surface area contributed by atoms with Gasteiger partial charge >= 0.3 is 0 Å². The first-order chi connectivity index (χ1) is 11.1. The Bertz CT molecular complexity index is 804. The Kier molecular flexibility index (Phi) is 3.30. The molecule has 2 aliphatic heterocycles. The highest BCUT2D eigenvalue weighted by Gasteiger charge is 2.52. The predicted molar refractivity (Wildman–Crippen MR) is 91.1 cm³/mol. The van der Waals surface area contributed by atoms with E-state index in [2.05, 4.69) is 17.2 Å². The number of pyridine rings is 1. The van der Waals surface area contributed by atoms with Gasteiger partial charge in [-0.05, 0) is 25.5 Å². The molecule has 0 spiro atoms. The Balaban J connectivity index is 1.62. The van der Waals surface area contributed by atoms with Gasteiger partial charge in [0.05, 0.1) is 16.1 Å². The molecule has 2 aliphatic rings. The maximum Gasteiger partial charge on any atom is 0.248 e. The largest absolute Gasteiger partial charge is 0.322 e. The molecule has 5 nitrogen and oxygen atoms in total. The monoisotopic (exact) mass is 327 g/mol. The molecule has 0 unspecified atom stereocenters. The zero-order chi connectivity index (χ0) is 16.0. The molecule has 0 saturated carbocycles. The van der Waals surface area contributed by atoms with E-state index in [-0.39, 0.29) is 16.7 Å². The van der Waals surface area contributed by atoms with Crippen molar-refractivity contribution in [1.82, 2.24) is 9.88 Å². The van der Waals surface area contributed by atoms with Gasteiger partial charge in [0, 0.05) is 23.8 Å². The Morgan fingerprint density at radius 1 is 1.39 bits per heavy atom. The number of benzene rings is 1. The van der Waals surface area contributed by atoms with Gasteiger partial charge in [-0.25, -0.2) is 0 Å². The minimum absolute atomic E-state index is 0.0775. The van der Waals surface area contributed by atoms with E-state index in [0.29, 0.717) is 17.9 Å². The maximum absolute atomic E-state index is 12.7. The number of carbonyl (C=O) groups excluding carboxylic acids is 2. The lowest BCUT2D eigenvalue weighted by atomic mass is 10.1. The summed E-state index contributed by atoms with van der Waals surface area (Å²) in [5.74, 6) is 0.593. The summed E-state index contributed by atoms with van der Waals surface area (Å²) in [7, 11) is 0. The molecule has 4 rings (SSSR count). The van der Waals surface area contributed by atoms with Gasteiger partial charge in [-0.1, -0.05) is 18.2 Å². The molecule has 1 N–H and O–H groups in total. The first kappa shape index (κ1) is 14.5. The van der Waals surface area contributed by atoms with Gasteiger partial charge in [-0.3, -0.25) is 14.6 Å². The van der Waals surface area contributed by atoms with Gasteiger partial charge in [0.1, 0.15) is 6.04 Å². The summed E-state index contributed by atoms with van der Waals surface area (Å²) in [6, 6.07) is 9.14. The van der Waals surface area contributed by atoms with E-state index in [1.807, 2.05) is 30.3 Å². The van der Waals surface area contributed by atoms with E-state index in [1.165, 1.54) is 0 Å². The predicted octanol–water partition coefficient (Wildman–Crippen LogP) is 2.63. The first-order valence-corrected chi connectivity index (χ1v) is 8.68. The summed E-state index contributed by atoms with van der Waals surface area (Å²) in [5.41, 5.74) is 1.46. The van der Waals surface area contributed by atoms with Gasteiger partial charge in [0.25, 0.3) is 0 Å². The van der Waals surface area contributed by atoms with Crippen LogP contribution in [-0.4, -0.2) is 38.4 Å². The molecule has 23 heavy (non-hydrogen) atoms. The number of rotatable bonds is 2. The van der Waals surface area contributed by atoms with Crippen LogP contribution in [0.2, 0.25) is 0 Å². The molecule has 2 saturated heterocycles. The number of aromatic nitrogens is 1. The molecule has 6 heteroatoms. The molecular formula is C17H17N3O2S. The third kappa shape index (κ3) is 2.28. The number of thioether (sulfide) groups is 1. The van der Waals surface area contributed by atoms with Crippen molar-refractivity contribution in [2.75, 3.05) is 11.1 Å². The number of fused-ring (bicyclic) bond motifs is 2. The topological polar surface area (TPSA) is 62.3 Å². The quantitative estimate of drug-likeness (QED) is 0.921. The second kappa shape index (κ2) is 5.23. The molecule has 2 amide bonds. The molecule has 1 aromatic heterocycles. The van der Waals surface area contributed by atoms with Crippen LogP contribution in [0.15, 0.2) is 36.5 Å². The molecule has 0 radical (unpaired) electrons. The number of nitrogens with zero attached hydrogens (tertiary/aromatic N) is 2. The molecular weight excluding hydrogens is 310 g/mol. The lowest BCUT2D eigenvalue weighted by Crippen LogP contribution is -2.48. The number of nitrogens with one attached hydrogen (secondary N) is 1. The Morgan fingerprint density at radius 2 is 2.22 bits per heavy atom. The molecule has 2 atom stereocenters. The summed E-state index contributed by atoms with van der Waals surface area (Å²) in [6.45, 7) is 2.05. The second-order valence-corrected chi connectivity index (χ2v) is 7.64. The molecule has 118 valence electrons. The standard InChI is InChI=1S/C17H17N3O2S/c1-17-8-7-14(21)20(17)13(10-23-17)16(22)19-12-6-2-4-11-5-3-9-18-15(11)12/h2-6,9,13H,7-8,10H2,1H3,(H,19,22)/t13-,17+/m1/s1. The highest BCUT2D eigenvalue weighted by molar-refractivity contribution is 8.01. The summed E-state index contributed by atoms with van der Waals surface area (Å²) in [4.78, 5) is 30.8. The fraction of sp³-hybridized carbons (Fsp3) is 0.353. The minimum Gasteiger partial charge on any atom is -0.322 e. The van der Waals surface area contributed by atoms with Crippen molar-refractivity contribution in [3.63, 3.8) is 0 Å². The van der Waals surface area contributed by atoms with Gasteiger partial charge < -0.3 is 10.2 Å². The summed E-state index contributed by atoms with van der Waals surface area (Å²) < 4.78 is 0. The summed E-state index contributed by atoms with van der Waals surface area (Å²) >= 11 is 1.70. The van der Waals surface area contributed by atoms with Crippen LogP contribution >= 0.6 is 11.8 Å². The van der Waals surface area contributed by atoms with E-state index in [4.69, 9.17) is 0 Å². The molecule has 2 fully saturated rings. The van der Waals surface area contributed by atoms with Crippen molar-refractivity contribution >= 4 is 40.2 Å². The van der Waals surface area contributed by atoms with Gasteiger partial charge in [-0.15, -0.1) is 11.8 Å². The van der Waals surface area contributed by atoms with E-state index in [0.717, 1.165) is 17.3 Å². The van der Waals surface area contributed by atoms with Crippen LogP contribution in [0.3, 0.4) is 0 Å². The molecule has 0 bridgehead atoms. The Labute approximate surface area is 138 Å². The first-order valence-electron chi connectivity index (χ1n) is 7.69. The van der Waals surface area contributed by atoms with E-state index in [1.54, 1.807) is 22.9 Å². The van der Waals surface area contributed by atoms with E-state index < -0.39 is 6.04 Å². The third-order valence-corrected chi connectivity index (χ3v) is 6.14. The van der Waals surface area contributed by atoms with Crippen molar-refractivity contribution < 1.29 is 9.59 Å². The normalized spacial score (nSPS) is 26.6. The van der Waals surface area contributed by atoms with Crippen molar-refractivity contribution in [3.05, 3.63) is 36.5 Å². The zero-order valence-corrected chi connectivity index (χ0v) is 13.6. The number of hydrogen-bond donors (Lipinski definition) is 1. The number of hydrogen-bond acceptors (Lipinski definition) is 4. The lowest BCUT2D eigenvalue weighted by molar-refractivity contribution is -0.135. The number of amides is 2. The van der Waals surface area contributed by atoms with Crippen LogP contribution in [0.25, 0.3) is 10.9 Å². The van der Waals surface area contributed by atoms with Gasteiger partial charge in [0.15, 0.2) is 0 Å². The molecule has 1 aromatic carbocycles. The van der Waals surface area contributed by atoms with E-state index >= 15 is 0 Å². The average molecular weight is 327 g/mol. The van der Waals surface area contributed by atoms with E-state index in [9.17, 15) is 9.59 Å². The molecule has 2 aromatic rings. The van der Waals surface area contributed by atoms with Crippen molar-refractivity contribution in [1.29, 1.82) is 0 Å². The van der Waals surface area contributed by atoms with Crippen LogP contribution in [0.5, 0.6) is 0 Å². The van der Waals surface area contributed by atoms with Crippen LogP contribution in [0.4, 0.5) is 5.69 Å². The molecule has 3 heterocycles. The fourth-order valence-electron chi connectivity index (χ4n) is 3.44. The van der Waals surface area contributed by atoms with Gasteiger partial charge in [0.2, 0.25) is 11.8 Å². The van der Waals surface area contributed by atoms with Crippen LogP contribution in [0.1, 0.15) is 19.8 Å². The van der Waals surface area contributed by atoms with Gasteiger partial charge in [-0.2, -0.15) is 0 Å². The number of anilines is 1.